The predicted octanol–water partition coefficient (Wildman–Crippen LogP) is 4.68. The van der Waals surface area contributed by atoms with Crippen molar-refractivity contribution in [3.05, 3.63) is 52.1 Å². The van der Waals surface area contributed by atoms with Crippen molar-refractivity contribution in [1.29, 1.82) is 0 Å². The van der Waals surface area contributed by atoms with Crippen LogP contribution in [0.25, 0.3) is 5.76 Å². The molecule has 2 aromatic rings. The molecule has 1 aliphatic heterocycles. The van der Waals surface area contributed by atoms with Crippen LogP contribution in [0.3, 0.4) is 0 Å². The molecule has 2 aromatic carbocycles. The summed E-state index contributed by atoms with van der Waals surface area (Å²) in [4.78, 5) is 27.6. The monoisotopic (exact) mass is 489 g/mol. The second-order valence-electron chi connectivity index (χ2n) is 7.69. The zero-order valence-corrected chi connectivity index (χ0v) is 20.3. The molecule has 182 valence electrons. The molecule has 0 bridgehead atoms. The highest BCUT2D eigenvalue weighted by Gasteiger charge is 2.46. The number of phenolic OH excluding ortho intramolecular Hbond substituents is 1. The van der Waals surface area contributed by atoms with Crippen molar-refractivity contribution >= 4 is 29.1 Å². The number of carbonyl (C=O) groups excluding carboxylic acids is 2. The zero-order valence-electron chi connectivity index (χ0n) is 19.6. The second kappa shape index (κ2) is 10.7. The Kier molecular flexibility index (Phi) is 7.94. The molecule has 1 atom stereocenters. The molecule has 34 heavy (non-hydrogen) atoms. The Labute approximate surface area is 203 Å². The van der Waals surface area contributed by atoms with Crippen LogP contribution in [-0.2, 0) is 9.59 Å². The van der Waals surface area contributed by atoms with Gasteiger partial charge in [-0.3, -0.25) is 9.59 Å². The number of rotatable bonds is 9. The lowest BCUT2D eigenvalue weighted by Gasteiger charge is -2.26. The Morgan fingerprint density at radius 3 is 2.38 bits per heavy atom. The van der Waals surface area contributed by atoms with Gasteiger partial charge in [0.2, 0.25) is 0 Å². The quantitative estimate of drug-likeness (QED) is 0.299. The van der Waals surface area contributed by atoms with Crippen molar-refractivity contribution in [3.63, 3.8) is 0 Å². The van der Waals surface area contributed by atoms with Gasteiger partial charge in [0.25, 0.3) is 11.7 Å². The van der Waals surface area contributed by atoms with Crippen molar-refractivity contribution in [2.24, 2.45) is 0 Å². The van der Waals surface area contributed by atoms with Gasteiger partial charge in [0.15, 0.2) is 11.5 Å². The number of methoxy groups -OCH3 is 2. The predicted molar refractivity (Wildman–Crippen MR) is 128 cm³/mol. The molecule has 0 aromatic heterocycles. The summed E-state index contributed by atoms with van der Waals surface area (Å²) in [5, 5.41) is 21.7. The maximum absolute atomic E-state index is 13.2. The first kappa shape index (κ1) is 25.2. The summed E-state index contributed by atoms with van der Waals surface area (Å²) in [7, 11) is 2.85. The molecule has 9 heteroatoms. The lowest BCUT2D eigenvalue weighted by molar-refractivity contribution is -0.139. The fraction of sp³-hybridized carbons (Fsp3) is 0.360. The molecule has 1 heterocycles. The number of ether oxygens (including phenoxy) is 3. The largest absolute Gasteiger partial charge is 0.507 e. The fourth-order valence-electron chi connectivity index (χ4n) is 3.95. The molecular weight excluding hydrogens is 462 g/mol. The third-order valence-electron chi connectivity index (χ3n) is 5.62. The van der Waals surface area contributed by atoms with Crippen molar-refractivity contribution < 1.29 is 34.0 Å². The number of carbonyl (C=O) groups is 2. The van der Waals surface area contributed by atoms with Crippen LogP contribution in [0.1, 0.15) is 43.9 Å². The van der Waals surface area contributed by atoms with Gasteiger partial charge < -0.3 is 29.3 Å². The molecular formula is C25H28ClNO7. The maximum atomic E-state index is 13.2. The summed E-state index contributed by atoms with van der Waals surface area (Å²) in [6, 6.07) is 6.63. The molecule has 1 fully saturated rings. The molecule has 1 aliphatic rings. The van der Waals surface area contributed by atoms with Crippen LogP contribution in [-0.4, -0.2) is 54.2 Å². The van der Waals surface area contributed by atoms with E-state index in [-0.39, 0.29) is 33.4 Å². The number of ketones is 1. The van der Waals surface area contributed by atoms with Gasteiger partial charge in [-0.1, -0.05) is 31.0 Å². The van der Waals surface area contributed by atoms with Gasteiger partial charge >= 0.3 is 0 Å². The summed E-state index contributed by atoms with van der Waals surface area (Å²) >= 11 is 6.28. The summed E-state index contributed by atoms with van der Waals surface area (Å²) < 4.78 is 16.1. The second-order valence-corrected chi connectivity index (χ2v) is 8.10. The Morgan fingerprint density at radius 1 is 1.06 bits per heavy atom. The topological polar surface area (TPSA) is 106 Å². The van der Waals surface area contributed by atoms with Crippen LogP contribution in [0.5, 0.6) is 23.0 Å². The highest BCUT2D eigenvalue weighted by Crippen LogP contribution is 2.44. The van der Waals surface area contributed by atoms with Crippen LogP contribution in [0, 0.1) is 0 Å². The number of benzene rings is 2. The number of aliphatic hydroxyl groups excluding tert-OH is 1. The Balaban J connectivity index is 2.26. The van der Waals surface area contributed by atoms with E-state index in [1.54, 1.807) is 19.1 Å². The molecule has 0 aliphatic carbocycles. The van der Waals surface area contributed by atoms with E-state index < -0.39 is 23.5 Å². The minimum atomic E-state index is -0.892. The third kappa shape index (κ3) is 4.63. The molecule has 1 saturated heterocycles. The van der Waals surface area contributed by atoms with Crippen LogP contribution in [0.15, 0.2) is 35.9 Å². The number of aromatic hydroxyl groups is 1. The van der Waals surface area contributed by atoms with Gasteiger partial charge in [0, 0.05) is 12.6 Å². The van der Waals surface area contributed by atoms with Crippen molar-refractivity contribution in [2.45, 2.75) is 32.7 Å². The van der Waals surface area contributed by atoms with Gasteiger partial charge in [0.05, 0.1) is 43.0 Å². The number of phenols is 1. The van der Waals surface area contributed by atoms with E-state index in [2.05, 4.69) is 0 Å². The lowest BCUT2D eigenvalue weighted by atomic mass is 9.94. The molecule has 0 spiro atoms. The van der Waals surface area contributed by atoms with E-state index in [1.807, 2.05) is 6.92 Å². The van der Waals surface area contributed by atoms with Gasteiger partial charge in [-0.25, -0.2) is 0 Å². The van der Waals surface area contributed by atoms with Crippen LogP contribution in [0.2, 0.25) is 5.02 Å². The highest BCUT2D eigenvalue weighted by atomic mass is 35.5. The minimum absolute atomic E-state index is 0.0697. The number of amides is 1. The molecule has 1 amide bonds. The molecule has 0 radical (unpaired) electrons. The fourth-order valence-corrected chi connectivity index (χ4v) is 4.19. The minimum Gasteiger partial charge on any atom is -0.507 e. The molecule has 1 unspecified atom stereocenters. The number of aliphatic hydroxyl groups is 1. The van der Waals surface area contributed by atoms with Gasteiger partial charge in [0.1, 0.15) is 17.3 Å². The Morgan fingerprint density at radius 2 is 1.76 bits per heavy atom. The summed E-state index contributed by atoms with van der Waals surface area (Å²) in [6.45, 7) is 4.38. The number of halogens is 1. The normalized spacial score (nSPS) is 17.2. The SMILES string of the molecule is CCCCN1C(=O)C(=O)/C(=C(/O)c2cc(Cl)c(OC)cc2OC)C1c1ccc(O)c(OCC)c1. The number of hydrogen-bond donors (Lipinski definition) is 2. The number of likely N-dealkylation sites (tertiary alicyclic amines) is 1. The average molecular weight is 490 g/mol. The first-order valence-corrected chi connectivity index (χ1v) is 11.3. The number of unbranched alkanes of at least 4 members (excludes halogenated alkanes) is 1. The van der Waals surface area contributed by atoms with Crippen molar-refractivity contribution in [2.75, 3.05) is 27.4 Å². The maximum Gasteiger partial charge on any atom is 0.295 e. The van der Waals surface area contributed by atoms with Gasteiger partial charge in [-0.05, 0) is 37.1 Å². The van der Waals surface area contributed by atoms with Gasteiger partial charge in [-0.15, -0.1) is 0 Å². The lowest BCUT2D eigenvalue weighted by Crippen LogP contribution is -2.30. The molecule has 0 saturated carbocycles. The third-order valence-corrected chi connectivity index (χ3v) is 5.92. The first-order valence-electron chi connectivity index (χ1n) is 10.9. The molecule has 2 N–H and O–H groups in total. The summed E-state index contributed by atoms with van der Waals surface area (Å²) in [5.41, 5.74) is 0.557. The standard InChI is InChI=1S/C25H28ClNO7/c1-5-7-10-27-22(14-8-9-17(28)20(11-14)34-6-2)21(24(30)25(27)31)23(29)15-12-16(26)19(33-4)13-18(15)32-3/h8-9,11-13,22,28-29H,5-7,10H2,1-4H3/b23-21+. The van der Waals surface area contributed by atoms with E-state index in [9.17, 15) is 19.8 Å². The molecule has 8 nitrogen and oxygen atoms in total. The summed E-state index contributed by atoms with van der Waals surface area (Å²) in [6.07, 6.45) is 1.47. The van der Waals surface area contributed by atoms with E-state index in [4.69, 9.17) is 25.8 Å². The molecule has 3 rings (SSSR count). The average Bonchev–Trinajstić information content (AvgIpc) is 3.08. The van der Waals surface area contributed by atoms with Gasteiger partial charge in [-0.2, -0.15) is 0 Å². The number of nitrogens with zero attached hydrogens (tertiary/aromatic N) is 1. The number of hydrogen-bond acceptors (Lipinski definition) is 7. The van der Waals surface area contributed by atoms with Crippen molar-refractivity contribution in [3.8, 4) is 23.0 Å². The van der Waals surface area contributed by atoms with Crippen LogP contribution >= 0.6 is 11.6 Å². The van der Waals surface area contributed by atoms with E-state index in [1.165, 1.54) is 37.3 Å². The van der Waals surface area contributed by atoms with Crippen LogP contribution in [0.4, 0.5) is 0 Å². The smallest absolute Gasteiger partial charge is 0.295 e. The van der Waals surface area contributed by atoms with E-state index in [0.29, 0.717) is 30.9 Å². The van der Waals surface area contributed by atoms with Crippen LogP contribution < -0.4 is 14.2 Å². The Hall–Kier alpha value is -3.39. The zero-order chi connectivity index (χ0) is 25.0. The first-order chi connectivity index (χ1) is 16.3. The Bertz CT molecular complexity index is 1130. The van der Waals surface area contributed by atoms with E-state index >= 15 is 0 Å². The van der Waals surface area contributed by atoms with Crippen molar-refractivity contribution in [1.82, 2.24) is 4.90 Å². The highest BCUT2D eigenvalue weighted by molar-refractivity contribution is 6.46. The summed E-state index contributed by atoms with van der Waals surface area (Å²) in [5.74, 6) is -1.27. The number of Topliss-reactive ketones (excluding diaryl/α,β-unsaturated/α-hetero) is 1. The van der Waals surface area contributed by atoms with E-state index in [0.717, 1.165) is 6.42 Å².